The first-order valence-corrected chi connectivity index (χ1v) is 4.67. The molecule has 3 N–H and O–H groups in total. The average Bonchev–Trinajstić information content (AvgIpc) is 2.15. The van der Waals surface area contributed by atoms with Gasteiger partial charge in [0.05, 0.1) is 0 Å². The van der Waals surface area contributed by atoms with Crippen LogP contribution in [-0.4, -0.2) is 16.1 Å². The van der Waals surface area contributed by atoms with Crippen LogP contribution in [0, 0.1) is 0 Å². The molecule has 0 aliphatic rings. The van der Waals surface area contributed by atoms with E-state index in [4.69, 9.17) is 10.8 Å². The summed E-state index contributed by atoms with van der Waals surface area (Å²) in [4.78, 5) is 14.2. The molecule has 1 heterocycles. The highest BCUT2D eigenvalue weighted by Crippen LogP contribution is 2.31. The topological polar surface area (TPSA) is 76.2 Å². The SMILES string of the molecule is NCc1c(C(=O)O)ncc(Br)c1C(F)F. The number of rotatable bonds is 3. The van der Waals surface area contributed by atoms with Crippen molar-refractivity contribution in [2.24, 2.45) is 5.73 Å². The molecule has 0 aliphatic carbocycles. The molecule has 0 bridgehead atoms. The lowest BCUT2D eigenvalue weighted by Gasteiger charge is -2.11. The van der Waals surface area contributed by atoms with Gasteiger partial charge in [0.25, 0.3) is 6.43 Å². The Labute approximate surface area is 92.2 Å². The van der Waals surface area contributed by atoms with E-state index in [1.54, 1.807) is 0 Å². The molecule has 0 fully saturated rings. The van der Waals surface area contributed by atoms with Crippen molar-refractivity contribution < 1.29 is 18.7 Å². The van der Waals surface area contributed by atoms with Crippen molar-refractivity contribution in [3.05, 3.63) is 27.5 Å². The molecular formula is C8H7BrF2N2O2. The number of pyridine rings is 1. The number of nitrogens with zero attached hydrogens (tertiary/aromatic N) is 1. The van der Waals surface area contributed by atoms with Gasteiger partial charge in [-0.1, -0.05) is 0 Å². The highest BCUT2D eigenvalue weighted by Gasteiger charge is 2.22. The van der Waals surface area contributed by atoms with Gasteiger partial charge in [-0.25, -0.2) is 18.6 Å². The number of carboxylic acid groups (broad SMARTS) is 1. The quantitative estimate of drug-likeness (QED) is 0.887. The van der Waals surface area contributed by atoms with Gasteiger partial charge in [-0.2, -0.15) is 0 Å². The molecule has 1 aromatic rings. The lowest BCUT2D eigenvalue weighted by molar-refractivity contribution is 0.0688. The molecule has 15 heavy (non-hydrogen) atoms. The van der Waals surface area contributed by atoms with Crippen molar-refractivity contribution in [1.29, 1.82) is 0 Å². The first kappa shape index (κ1) is 12.0. The minimum Gasteiger partial charge on any atom is -0.477 e. The molecule has 0 spiro atoms. The summed E-state index contributed by atoms with van der Waals surface area (Å²) in [7, 11) is 0. The molecule has 0 radical (unpaired) electrons. The Balaban J connectivity index is 3.47. The second kappa shape index (κ2) is 4.63. The van der Waals surface area contributed by atoms with Crippen LogP contribution in [0.4, 0.5) is 8.78 Å². The van der Waals surface area contributed by atoms with Gasteiger partial charge in [-0.15, -0.1) is 0 Å². The van der Waals surface area contributed by atoms with Gasteiger partial charge in [0.2, 0.25) is 0 Å². The summed E-state index contributed by atoms with van der Waals surface area (Å²) >= 11 is 2.88. The zero-order chi connectivity index (χ0) is 11.6. The van der Waals surface area contributed by atoms with Crippen molar-refractivity contribution in [3.8, 4) is 0 Å². The van der Waals surface area contributed by atoms with Crippen LogP contribution in [0.3, 0.4) is 0 Å². The maximum absolute atomic E-state index is 12.6. The van der Waals surface area contributed by atoms with Gasteiger partial charge < -0.3 is 10.8 Å². The molecule has 0 aliphatic heterocycles. The van der Waals surface area contributed by atoms with Crippen molar-refractivity contribution in [2.45, 2.75) is 13.0 Å². The number of aromatic carboxylic acids is 1. The number of carbonyl (C=O) groups is 1. The van der Waals surface area contributed by atoms with E-state index in [-0.39, 0.29) is 16.6 Å². The summed E-state index contributed by atoms with van der Waals surface area (Å²) in [5, 5.41) is 8.72. The van der Waals surface area contributed by atoms with E-state index in [1.165, 1.54) is 0 Å². The van der Waals surface area contributed by atoms with E-state index >= 15 is 0 Å². The van der Waals surface area contributed by atoms with Crippen LogP contribution >= 0.6 is 15.9 Å². The van der Waals surface area contributed by atoms with Crippen LogP contribution < -0.4 is 5.73 Å². The molecule has 0 saturated carbocycles. The van der Waals surface area contributed by atoms with Gasteiger partial charge in [0, 0.05) is 28.3 Å². The maximum Gasteiger partial charge on any atom is 0.354 e. The molecule has 82 valence electrons. The zero-order valence-electron chi connectivity index (χ0n) is 7.38. The van der Waals surface area contributed by atoms with E-state index in [2.05, 4.69) is 20.9 Å². The minimum atomic E-state index is -2.79. The second-order valence-electron chi connectivity index (χ2n) is 2.66. The first-order chi connectivity index (χ1) is 6.99. The largest absolute Gasteiger partial charge is 0.477 e. The van der Waals surface area contributed by atoms with Gasteiger partial charge >= 0.3 is 5.97 Å². The molecule has 1 aromatic heterocycles. The van der Waals surface area contributed by atoms with E-state index < -0.39 is 23.7 Å². The number of aromatic nitrogens is 1. The maximum atomic E-state index is 12.6. The number of alkyl halides is 2. The number of carboxylic acids is 1. The Morgan fingerprint density at radius 3 is 2.67 bits per heavy atom. The number of hydrogen-bond donors (Lipinski definition) is 2. The Morgan fingerprint density at radius 1 is 1.67 bits per heavy atom. The summed E-state index contributed by atoms with van der Waals surface area (Å²) in [5.41, 5.74) is 4.25. The van der Waals surface area contributed by atoms with E-state index in [1.807, 2.05) is 0 Å². The summed E-state index contributed by atoms with van der Waals surface area (Å²) in [6.45, 7) is -0.298. The van der Waals surface area contributed by atoms with E-state index in [0.29, 0.717) is 0 Å². The molecule has 0 amide bonds. The predicted molar refractivity (Wildman–Crippen MR) is 51.7 cm³/mol. The molecule has 7 heteroatoms. The molecule has 1 rings (SSSR count). The summed E-state index contributed by atoms with van der Waals surface area (Å²) < 4.78 is 25.3. The normalized spacial score (nSPS) is 10.7. The molecule has 0 unspecified atom stereocenters. The standard InChI is InChI=1S/C8H7BrF2N2O2/c9-4-2-13-6(8(14)15)3(1-12)5(4)7(10)11/h2,7H,1,12H2,(H,14,15). The van der Waals surface area contributed by atoms with Gasteiger partial charge in [0.15, 0.2) is 5.69 Å². The van der Waals surface area contributed by atoms with Crippen LogP contribution in [-0.2, 0) is 6.54 Å². The van der Waals surface area contributed by atoms with Gasteiger partial charge in [-0.05, 0) is 15.9 Å². The van der Waals surface area contributed by atoms with Crippen molar-refractivity contribution in [2.75, 3.05) is 0 Å². The average molecular weight is 281 g/mol. The number of nitrogens with two attached hydrogens (primary N) is 1. The fourth-order valence-corrected chi connectivity index (χ4v) is 1.68. The van der Waals surface area contributed by atoms with Crippen LogP contribution in [0.2, 0.25) is 0 Å². The van der Waals surface area contributed by atoms with E-state index in [0.717, 1.165) is 6.20 Å². The minimum absolute atomic E-state index is 0.0583. The Hall–Kier alpha value is -1.08. The molecular weight excluding hydrogens is 274 g/mol. The lowest BCUT2D eigenvalue weighted by Crippen LogP contribution is -2.13. The van der Waals surface area contributed by atoms with Crippen LogP contribution in [0.5, 0.6) is 0 Å². The third-order valence-electron chi connectivity index (χ3n) is 1.80. The highest BCUT2D eigenvalue weighted by atomic mass is 79.9. The van der Waals surface area contributed by atoms with E-state index in [9.17, 15) is 13.6 Å². The Bertz CT molecular complexity index is 398. The molecule has 0 atom stereocenters. The van der Waals surface area contributed by atoms with Crippen molar-refractivity contribution in [1.82, 2.24) is 4.98 Å². The van der Waals surface area contributed by atoms with Crippen molar-refractivity contribution in [3.63, 3.8) is 0 Å². The third kappa shape index (κ3) is 2.29. The Kier molecular flexibility index (Phi) is 3.70. The monoisotopic (exact) mass is 280 g/mol. The molecule has 0 aromatic carbocycles. The molecule has 0 saturated heterocycles. The van der Waals surface area contributed by atoms with Gasteiger partial charge in [0.1, 0.15) is 0 Å². The second-order valence-corrected chi connectivity index (χ2v) is 3.51. The summed E-state index contributed by atoms with van der Waals surface area (Å²) in [6.07, 6.45) is -1.76. The summed E-state index contributed by atoms with van der Waals surface area (Å²) in [6, 6.07) is 0. The van der Waals surface area contributed by atoms with Crippen LogP contribution in [0.25, 0.3) is 0 Å². The molecule has 4 nitrogen and oxygen atoms in total. The number of hydrogen-bond acceptors (Lipinski definition) is 3. The highest BCUT2D eigenvalue weighted by molar-refractivity contribution is 9.10. The summed E-state index contributed by atoms with van der Waals surface area (Å²) in [5.74, 6) is -1.37. The fourth-order valence-electron chi connectivity index (χ4n) is 1.17. The first-order valence-electron chi connectivity index (χ1n) is 3.87. The zero-order valence-corrected chi connectivity index (χ0v) is 8.96. The lowest BCUT2D eigenvalue weighted by atomic mass is 10.1. The van der Waals surface area contributed by atoms with Crippen molar-refractivity contribution >= 4 is 21.9 Å². The Morgan fingerprint density at radius 2 is 2.27 bits per heavy atom. The van der Waals surface area contributed by atoms with Crippen LogP contribution in [0.1, 0.15) is 28.0 Å². The number of halogens is 3. The van der Waals surface area contributed by atoms with Gasteiger partial charge in [-0.3, -0.25) is 0 Å². The fraction of sp³-hybridized carbons (Fsp3) is 0.250. The smallest absolute Gasteiger partial charge is 0.354 e. The van der Waals surface area contributed by atoms with Crippen LogP contribution in [0.15, 0.2) is 10.7 Å². The predicted octanol–water partition coefficient (Wildman–Crippen LogP) is 1.94. The third-order valence-corrected chi connectivity index (χ3v) is 2.43.